The summed E-state index contributed by atoms with van der Waals surface area (Å²) in [6, 6.07) is 5.19. The van der Waals surface area contributed by atoms with E-state index in [1.165, 1.54) is 11.8 Å². The van der Waals surface area contributed by atoms with E-state index in [2.05, 4.69) is 15.0 Å². The maximum atomic E-state index is 13.9. The molecule has 1 atom stereocenters. The molecule has 1 aliphatic heterocycles. The molecule has 0 aliphatic carbocycles. The van der Waals surface area contributed by atoms with E-state index in [0.29, 0.717) is 0 Å². The van der Waals surface area contributed by atoms with E-state index in [1.54, 1.807) is 0 Å². The van der Waals surface area contributed by atoms with Crippen LogP contribution in [-0.2, 0) is 16.0 Å². The fraction of sp³-hybridized carbons (Fsp3) is 0.417. The minimum atomic E-state index is -5.05. The highest BCUT2D eigenvalue weighted by atomic mass is 32.2. The number of aromatic amines is 1. The van der Waals surface area contributed by atoms with E-state index >= 15 is 0 Å². The van der Waals surface area contributed by atoms with Crippen LogP contribution in [0.1, 0.15) is 52.5 Å². The third-order valence-corrected chi connectivity index (χ3v) is 8.81. The number of carbonyl (C=O) groups excluding carboxylic acids is 1. The summed E-state index contributed by atoms with van der Waals surface area (Å²) in [7, 11) is -4.48. The molecule has 0 spiro atoms. The molecule has 0 saturated carbocycles. The third kappa shape index (κ3) is 5.63. The Kier molecular flexibility index (Phi) is 7.25. The Hall–Kier alpha value is -3.49. The number of aryl methyl sites for hydroxylation is 1. The quantitative estimate of drug-likeness (QED) is 0.455. The average Bonchev–Trinajstić information content (AvgIpc) is 2.86. The van der Waals surface area contributed by atoms with E-state index < -0.39 is 66.6 Å². The molecule has 39 heavy (non-hydrogen) atoms. The number of likely N-dealkylation sites (tertiary alicyclic amines) is 1. The molecule has 3 aromatic rings. The number of piperidine rings is 1. The molecule has 3 heterocycles. The molecule has 1 saturated heterocycles. The lowest BCUT2D eigenvalue weighted by atomic mass is 9.96. The van der Waals surface area contributed by atoms with Gasteiger partial charge in [0.2, 0.25) is 0 Å². The van der Waals surface area contributed by atoms with Crippen molar-refractivity contribution in [2.24, 2.45) is 5.92 Å². The minimum Gasteiger partial charge on any atom is -0.339 e. The Morgan fingerprint density at radius 2 is 1.64 bits per heavy atom. The van der Waals surface area contributed by atoms with Crippen molar-refractivity contribution in [3.8, 4) is 0 Å². The van der Waals surface area contributed by atoms with Gasteiger partial charge in [-0.3, -0.25) is 9.59 Å². The Morgan fingerprint density at radius 3 is 2.18 bits per heavy atom. The maximum absolute atomic E-state index is 13.9. The largest absolute Gasteiger partial charge is 0.433 e. The van der Waals surface area contributed by atoms with Gasteiger partial charge in [-0.15, -0.1) is 0 Å². The van der Waals surface area contributed by atoms with Gasteiger partial charge in [0.15, 0.2) is 21.2 Å². The number of halogens is 6. The van der Waals surface area contributed by atoms with Crippen LogP contribution in [0.25, 0.3) is 11.0 Å². The number of pyridine rings is 1. The van der Waals surface area contributed by atoms with Crippen molar-refractivity contribution in [1.82, 2.24) is 19.9 Å². The fourth-order valence-corrected chi connectivity index (χ4v) is 5.92. The number of H-pyrrole nitrogens is 1. The average molecular weight is 577 g/mol. The summed E-state index contributed by atoms with van der Waals surface area (Å²) in [5, 5.41) is -2.12. The zero-order valence-electron chi connectivity index (χ0n) is 20.5. The summed E-state index contributed by atoms with van der Waals surface area (Å²) < 4.78 is 107. The van der Waals surface area contributed by atoms with Gasteiger partial charge in [0.1, 0.15) is 5.82 Å². The number of fused-ring (bicyclic) bond motifs is 1. The molecule has 2 aromatic heterocycles. The highest BCUT2D eigenvalue weighted by molar-refractivity contribution is 7.91. The molecular weight excluding hydrogens is 554 g/mol. The number of carbonyl (C=O) groups is 1. The second kappa shape index (κ2) is 9.92. The number of hydrogen-bond donors (Lipinski definition) is 1. The maximum Gasteiger partial charge on any atom is 0.433 e. The molecule has 15 heteroatoms. The highest BCUT2D eigenvalue weighted by Crippen LogP contribution is 2.39. The van der Waals surface area contributed by atoms with Crippen LogP contribution in [0.2, 0.25) is 0 Å². The summed E-state index contributed by atoms with van der Waals surface area (Å²) in [4.78, 5) is 35.5. The summed E-state index contributed by atoms with van der Waals surface area (Å²) >= 11 is 0. The minimum absolute atomic E-state index is 0.0170. The van der Waals surface area contributed by atoms with Gasteiger partial charge in [-0.1, -0.05) is 0 Å². The summed E-state index contributed by atoms with van der Waals surface area (Å²) in [6.07, 6.45) is -9.91. The first-order valence-electron chi connectivity index (χ1n) is 11.7. The number of amides is 1. The Bertz CT molecular complexity index is 1580. The monoisotopic (exact) mass is 576 g/mol. The molecular formula is C24H22F6N4O4S. The SMILES string of the molecule is Cc1nc2nc(C(F)(F)F)c(C(C)S(=O)(=O)c3ccc(C(=O)N4CCC(C(F)(F)F)CC4)cc3)cc2c(=O)[nH]1. The normalized spacial score (nSPS) is 16.5. The molecule has 1 amide bonds. The second-order valence-corrected chi connectivity index (χ2v) is 11.5. The summed E-state index contributed by atoms with van der Waals surface area (Å²) in [6.45, 7) is 2.13. The van der Waals surface area contributed by atoms with E-state index in [4.69, 9.17) is 0 Å². The molecule has 1 N–H and O–H groups in total. The lowest BCUT2D eigenvalue weighted by Crippen LogP contribution is -2.42. The van der Waals surface area contributed by atoms with E-state index in [1.807, 2.05) is 0 Å². The predicted molar refractivity (Wildman–Crippen MR) is 127 cm³/mol. The van der Waals surface area contributed by atoms with Crippen LogP contribution >= 0.6 is 0 Å². The molecule has 0 radical (unpaired) electrons. The third-order valence-electron chi connectivity index (χ3n) is 6.69. The topological polar surface area (TPSA) is 113 Å². The van der Waals surface area contributed by atoms with Gasteiger partial charge < -0.3 is 9.88 Å². The number of sulfone groups is 1. The number of nitrogens with zero attached hydrogens (tertiary/aromatic N) is 3. The molecule has 4 rings (SSSR count). The van der Waals surface area contributed by atoms with E-state index in [9.17, 15) is 44.3 Å². The molecule has 1 unspecified atom stereocenters. The first kappa shape index (κ1) is 28.5. The van der Waals surface area contributed by atoms with Crippen LogP contribution in [0.15, 0.2) is 40.0 Å². The summed E-state index contributed by atoms with van der Waals surface area (Å²) in [5.41, 5.74) is -3.51. The number of alkyl halides is 6. The molecule has 1 aliphatic rings. The zero-order chi connectivity index (χ0) is 28.9. The number of benzene rings is 1. The van der Waals surface area contributed by atoms with Crippen molar-refractivity contribution < 1.29 is 39.6 Å². The van der Waals surface area contributed by atoms with Crippen LogP contribution in [0, 0.1) is 12.8 Å². The predicted octanol–water partition coefficient (Wildman–Crippen LogP) is 4.59. The first-order chi connectivity index (χ1) is 18.0. The summed E-state index contributed by atoms with van der Waals surface area (Å²) in [5.74, 6) is -2.06. The smallest absolute Gasteiger partial charge is 0.339 e. The number of hydrogen-bond acceptors (Lipinski definition) is 6. The molecule has 210 valence electrons. The van der Waals surface area contributed by atoms with Crippen molar-refractivity contribution >= 4 is 26.8 Å². The van der Waals surface area contributed by atoms with E-state index in [0.717, 1.165) is 37.3 Å². The van der Waals surface area contributed by atoms with Crippen LogP contribution in [-0.4, -0.2) is 53.4 Å². The van der Waals surface area contributed by atoms with Crippen LogP contribution < -0.4 is 5.56 Å². The van der Waals surface area contributed by atoms with Crippen LogP contribution in [0.5, 0.6) is 0 Å². The Morgan fingerprint density at radius 1 is 1.05 bits per heavy atom. The van der Waals surface area contributed by atoms with Crippen molar-refractivity contribution in [3.63, 3.8) is 0 Å². The number of aromatic nitrogens is 3. The fourth-order valence-electron chi connectivity index (χ4n) is 4.48. The molecule has 8 nitrogen and oxygen atoms in total. The standard InChI is InChI=1S/C24H22F6N4O4S/c1-12(17-11-18-20(31-13(2)32-21(18)35)33-19(17)24(28,29)30)39(37,38)16-5-3-14(4-6-16)22(36)34-9-7-15(8-10-34)23(25,26)27/h3-6,11-12,15H,7-10H2,1-2H3,(H,31,32,33,35). The Labute approximate surface area is 218 Å². The molecule has 0 bridgehead atoms. The second-order valence-electron chi connectivity index (χ2n) is 9.27. The van der Waals surface area contributed by atoms with Crippen LogP contribution in [0.3, 0.4) is 0 Å². The highest BCUT2D eigenvalue weighted by Gasteiger charge is 2.42. The van der Waals surface area contributed by atoms with Crippen LogP contribution in [0.4, 0.5) is 26.3 Å². The zero-order valence-corrected chi connectivity index (χ0v) is 21.3. The van der Waals surface area contributed by atoms with Gasteiger partial charge in [0.05, 0.1) is 21.4 Å². The van der Waals surface area contributed by atoms with Crippen molar-refractivity contribution in [1.29, 1.82) is 0 Å². The van der Waals surface area contributed by atoms with Crippen molar-refractivity contribution in [2.45, 2.75) is 49.2 Å². The first-order valence-corrected chi connectivity index (χ1v) is 13.2. The van der Waals surface area contributed by atoms with E-state index in [-0.39, 0.29) is 42.7 Å². The van der Waals surface area contributed by atoms with Gasteiger partial charge in [-0.25, -0.2) is 18.4 Å². The number of rotatable bonds is 4. The number of nitrogens with one attached hydrogen (secondary N) is 1. The van der Waals surface area contributed by atoms with Crippen molar-refractivity contribution in [3.05, 3.63) is 63.3 Å². The van der Waals surface area contributed by atoms with Crippen molar-refractivity contribution in [2.75, 3.05) is 13.1 Å². The van der Waals surface area contributed by atoms with Gasteiger partial charge in [-0.2, -0.15) is 26.3 Å². The molecule has 1 aromatic carbocycles. The van der Waals surface area contributed by atoms with Gasteiger partial charge in [0, 0.05) is 24.2 Å². The van der Waals surface area contributed by atoms with Gasteiger partial charge in [0.25, 0.3) is 11.5 Å². The molecule has 1 fully saturated rings. The lowest BCUT2D eigenvalue weighted by molar-refractivity contribution is -0.183. The van der Waals surface area contributed by atoms with Gasteiger partial charge in [-0.05, 0) is 57.0 Å². The Balaban J connectivity index is 1.63. The van der Waals surface area contributed by atoms with Gasteiger partial charge >= 0.3 is 12.4 Å². The lowest BCUT2D eigenvalue weighted by Gasteiger charge is -2.33.